The minimum atomic E-state index is -3.48. The van der Waals surface area contributed by atoms with Gasteiger partial charge in [-0.3, -0.25) is 5.43 Å². The molecule has 0 unspecified atom stereocenters. The zero-order valence-electron chi connectivity index (χ0n) is 13.9. The standard InChI is InChI=1S/C17H18Cl2N4O2S/c18-15-6-4-5-13(17(15)19)11-21-22-16-8-7-14(12-20-16)26(24,25)23-9-2-1-3-10-23/h4-8,11-12H,1-3,9-10H2,(H,20,22)/b21-11+. The number of hydrogen-bond donors (Lipinski definition) is 1. The lowest BCUT2D eigenvalue weighted by atomic mass is 10.2. The normalized spacial score (nSPS) is 16.1. The minimum Gasteiger partial charge on any atom is -0.261 e. The summed E-state index contributed by atoms with van der Waals surface area (Å²) in [6.07, 6.45) is 5.73. The van der Waals surface area contributed by atoms with E-state index in [-0.39, 0.29) is 4.90 Å². The summed E-state index contributed by atoms with van der Waals surface area (Å²) in [4.78, 5) is 4.31. The van der Waals surface area contributed by atoms with Crippen molar-refractivity contribution in [3.63, 3.8) is 0 Å². The van der Waals surface area contributed by atoms with E-state index in [0.717, 1.165) is 19.3 Å². The fourth-order valence-corrected chi connectivity index (χ4v) is 4.46. The molecule has 6 nitrogen and oxygen atoms in total. The topological polar surface area (TPSA) is 74.7 Å². The monoisotopic (exact) mass is 412 g/mol. The van der Waals surface area contributed by atoms with Gasteiger partial charge in [-0.2, -0.15) is 9.41 Å². The summed E-state index contributed by atoms with van der Waals surface area (Å²) >= 11 is 12.0. The average molecular weight is 413 g/mol. The third-order valence-corrected chi connectivity index (χ3v) is 6.77. The maximum absolute atomic E-state index is 12.6. The molecule has 1 aliphatic rings. The Morgan fingerprint density at radius 2 is 1.88 bits per heavy atom. The molecule has 2 aromatic rings. The van der Waals surface area contributed by atoms with Gasteiger partial charge in [0.1, 0.15) is 10.7 Å². The number of hydrogen-bond acceptors (Lipinski definition) is 5. The molecule has 138 valence electrons. The van der Waals surface area contributed by atoms with Crippen molar-refractivity contribution in [3.8, 4) is 0 Å². The Morgan fingerprint density at radius 3 is 2.58 bits per heavy atom. The van der Waals surface area contributed by atoms with E-state index < -0.39 is 10.0 Å². The highest BCUT2D eigenvalue weighted by molar-refractivity contribution is 7.89. The molecule has 1 aromatic carbocycles. The molecule has 0 spiro atoms. The number of rotatable bonds is 5. The Kier molecular flexibility index (Phi) is 6.13. The second-order valence-electron chi connectivity index (χ2n) is 5.86. The van der Waals surface area contributed by atoms with Gasteiger partial charge in [-0.25, -0.2) is 13.4 Å². The molecule has 0 radical (unpaired) electrons. The van der Waals surface area contributed by atoms with Crippen molar-refractivity contribution in [2.75, 3.05) is 18.5 Å². The lowest BCUT2D eigenvalue weighted by Gasteiger charge is -2.25. The molecule has 1 aliphatic heterocycles. The van der Waals surface area contributed by atoms with Crippen LogP contribution in [-0.4, -0.2) is 37.0 Å². The van der Waals surface area contributed by atoms with E-state index in [9.17, 15) is 8.42 Å². The van der Waals surface area contributed by atoms with Gasteiger partial charge in [0.15, 0.2) is 0 Å². The summed E-state index contributed by atoms with van der Waals surface area (Å²) in [5, 5.41) is 4.91. The number of nitrogens with zero attached hydrogens (tertiary/aromatic N) is 3. The van der Waals surface area contributed by atoms with Crippen molar-refractivity contribution in [1.29, 1.82) is 0 Å². The summed E-state index contributed by atoms with van der Waals surface area (Å²) in [6, 6.07) is 8.35. The molecule has 2 heterocycles. The number of aromatic nitrogens is 1. The third kappa shape index (κ3) is 4.35. The zero-order valence-corrected chi connectivity index (χ0v) is 16.2. The Bertz CT molecular complexity index is 895. The highest BCUT2D eigenvalue weighted by Crippen LogP contribution is 2.24. The Morgan fingerprint density at radius 1 is 1.12 bits per heavy atom. The summed E-state index contributed by atoms with van der Waals surface area (Å²) in [7, 11) is -3.48. The first-order chi connectivity index (χ1) is 12.5. The largest absolute Gasteiger partial charge is 0.261 e. The van der Waals surface area contributed by atoms with Gasteiger partial charge >= 0.3 is 0 Å². The lowest BCUT2D eigenvalue weighted by molar-refractivity contribution is 0.346. The molecule has 0 bridgehead atoms. The minimum absolute atomic E-state index is 0.187. The summed E-state index contributed by atoms with van der Waals surface area (Å²) in [5.41, 5.74) is 3.41. The molecule has 0 saturated carbocycles. The van der Waals surface area contributed by atoms with Crippen molar-refractivity contribution in [2.45, 2.75) is 24.2 Å². The van der Waals surface area contributed by atoms with Gasteiger partial charge in [-0.15, -0.1) is 0 Å². The third-order valence-electron chi connectivity index (χ3n) is 4.05. The average Bonchev–Trinajstić information content (AvgIpc) is 2.66. The van der Waals surface area contributed by atoms with Crippen LogP contribution in [0.15, 0.2) is 46.5 Å². The predicted molar refractivity (Wildman–Crippen MR) is 105 cm³/mol. The molecule has 9 heteroatoms. The van der Waals surface area contributed by atoms with E-state index in [1.807, 2.05) is 0 Å². The number of benzene rings is 1. The second kappa shape index (κ2) is 8.35. The van der Waals surface area contributed by atoms with Crippen LogP contribution in [0.1, 0.15) is 24.8 Å². The fraction of sp³-hybridized carbons (Fsp3) is 0.294. The van der Waals surface area contributed by atoms with Gasteiger partial charge in [-0.05, 0) is 31.0 Å². The van der Waals surface area contributed by atoms with E-state index in [1.54, 1.807) is 24.3 Å². The van der Waals surface area contributed by atoms with Gasteiger partial charge in [0, 0.05) is 24.8 Å². The van der Waals surface area contributed by atoms with E-state index in [2.05, 4.69) is 15.5 Å². The highest BCUT2D eigenvalue weighted by Gasteiger charge is 2.26. The van der Waals surface area contributed by atoms with Crippen LogP contribution in [-0.2, 0) is 10.0 Å². The smallest absolute Gasteiger partial charge is 0.244 e. The first-order valence-electron chi connectivity index (χ1n) is 8.18. The van der Waals surface area contributed by atoms with Gasteiger partial charge in [0.2, 0.25) is 10.0 Å². The second-order valence-corrected chi connectivity index (χ2v) is 8.58. The van der Waals surface area contributed by atoms with Crippen LogP contribution in [0, 0.1) is 0 Å². The number of piperidine rings is 1. The van der Waals surface area contributed by atoms with Crippen molar-refractivity contribution in [1.82, 2.24) is 9.29 Å². The zero-order chi connectivity index (χ0) is 18.6. The first-order valence-corrected chi connectivity index (χ1v) is 10.4. The summed E-state index contributed by atoms with van der Waals surface area (Å²) in [6.45, 7) is 1.13. The van der Waals surface area contributed by atoms with E-state index in [4.69, 9.17) is 23.2 Å². The number of pyridine rings is 1. The molecule has 1 aromatic heterocycles. The van der Waals surface area contributed by atoms with Crippen molar-refractivity contribution in [2.24, 2.45) is 5.10 Å². The SMILES string of the molecule is O=S(=O)(c1ccc(N/N=C/c2cccc(Cl)c2Cl)nc1)N1CCCCC1. The van der Waals surface area contributed by atoms with E-state index in [1.165, 1.54) is 22.8 Å². The maximum atomic E-state index is 12.6. The molecule has 0 amide bonds. The van der Waals surface area contributed by atoms with Crippen LogP contribution >= 0.6 is 23.2 Å². The summed E-state index contributed by atoms with van der Waals surface area (Å²) < 4.78 is 26.7. The van der Waals surface area contributed by atoms with E-state index >= 15 is 0 Å². The number of hydrazone groups is 1. The van der Waals surface area contributed by atoms with Gasteiger partial charge in [-0.1, -0.05) is 41.8 Å². The molecular formula is C17H18Cl2N4O2S. The van der Waals surface area contributed by atoms with Crippen molar-refractivity contribution in [3.05, 3.63) is 52.1 Å². The molecule has 1 saturated heterocycles. The number of nitrogens with one attached hydrogen (secondary N) is 1. The van der Waals surface area contributed by atoms with Crippen LogP contribution in [0.25, 0.3) is 0 Å². The first kappa shape index (κ1) is 19.1. The predicted octanol–water partition coefficient (Wildman–Crippen LogP) is 4.01. The Balaban J connectivity index is 1.68. The Labute approximate surface area is 162 Å². The van der Waals surface area contributed by atoms with Crippen LogP contribution in [0.2, 0.25) is 10.0 Å². The number of anilines is 1. The fourth-order valence-electron chi connectivity index (χ4n) is 2.64. The van der Waals surface area contributed by atoms with Gasteiger partial charge < -0.3 is 0 Å². The Hall–Kier alpha value is -1.67. The molecule has 1 fully saturated rings. The van der Waals surface area contributed by atoms with E-state index in [0.29, 0.717) is 34.5 Å². The molecular weight excluding hydrogens is 395 g/mol. The quantitative estimate of drug-likeness (QED) is 0.594. The number of sulfonamides is 1. The van der Waals surface area contributed by atoms with Crippen LogP contribution in [0.5, 0.6) is 0 Å². The van der Waals surface area contributed by atoms with Gasteiger partial charge in [0.05, 0.1) is 16.3 Å². The number of halogens is 2. The molecule has 1 N–H and O–H groups in total. The molecule has 0 aliphatic carbocycles. The van der Waals surface area contributed by atoms with Gasteiger partial charge in [0.25, 0.3) is 0 Å². The van der Waals surface area contributed by atoms with Crippen LogP contribution in [0.4, 0.5) is 5.82 Å². The summed E-state index contributed by atoms with van der Waals surface area (Å²) in [5.74, 6) is 0.428. The lowest BCUT2D eigenvalue weighted by Crippen LogP contribution is -2.35. The highest BCUT2D eigenvalue weighted by atomic mass is 35.5. The maximum Gasteiger partial charge on any atom is 0.244 e. The van der Waals surface area contributed by atoms with Crippen LogP contribution in [0.3, 0.4) is 0 Å². The van der Waals surface area contributed by atoms with Crippen LogP contribution < -0.4 is 5.43 Å². The van der Waals surface area contributed by atoms with Crippen molar-refractivity contribution < 1.29 is 8.42 Å². The molecule has 3 rings (SSSR count). The van der Waals surface area contributed by atoms with Crippen molar-refractivity contribution >= 4 is 45.3 Å². The molecule has 0 atom stereocenters. The molecule has 26 heavy (non-hydrogen) atoms.